The second kappa shape index (κ2) is 13.4. The van der Waals surface area contributed by atoms with Crippen molar-refractivity contribution in [3.05, 3.63) is 35.4 Å². The lowest BCUT2D eigenvalue weighted by molar-refractivity contribution is -0.0212. The molecule has 29 heavy (non-hydrogen) atoms. The van der Waals surface area contributed by atoms with Crippen molar-refractivity contribution in [3.8, 4) is 0 Å². The zero-order chi connectivity index (χ0) is 19.6. The van der Waals surface area contributed by atoms with Crippen LogP contribution in [0.5, 0.6) is 0 Å². The van der Waals surface area contributed by atoms with E-state index in [2.05, 4.69) is 51.7 Å². The predicted octanol–water partition coefficient (Wildman–Crippen LogP) is 3.01. The summed E-state index contributed by atoms with van der Waals surface area (Å²) < 4.78 is 11.3. The average molecular weight is 516 g/mol. The summed E-state index contributed by atoms with van der Waals surface area (Å²) in [6, 6.07) is 8.80. The number of nitrogens with one attached hydrogen (secondary N) is 2. The first kappa shape index (κ1) is 24.4. The Morgan fingerprint density at radius 1 is 1.28 bits per heavy atom. The summed E-state index contributed by atoms with van der Waals surface area (Å²) in [6.45, 7) is 9.37. The minimum atomic E-state index is 0. The van der Waals surface area contributed by atoms with Gasteiger partial charge in [0.25, 0.3) is 0 Å². The predicted molar refractivity (Wildman–Crippen MR) is 129 cm³/mol. The maximum absolute atomic E-state index is 5.67. The number of nitrogens with zero attached hydrogens (tertiary/aromatic N) is 2. The summed E-state index contributed by atoms with van der Waals surface area (Å²) >= 11 is 0. The van der Waals surface area contributed by atoms with Crippen LogP contribution in [0.3, 0.4) is 0 Å². The summed E-state index contributed by atoms with van der Waals surface area (Å²) in [5.41, 5.74) is 2.62. The van der Waals surface area contributed by atoms with Gasteiger partial charge < -0.3 is 20.1 Å². The molecular formula is C22H37IN4O2. The Balaban J connectivity index is 0.00000300. The Bertz CT molecular complexity index is 625. The molecule has 1 aliphatic carbocycles. The molecule has 7 heteroatoms. The number of morpholine rings is 1. The third-order valence-corrected chi connectivity index (χ3v) is 5.21. The molecule has 3 rings (SSSR count). The lowest BCUT2D eigenvalue weighted by Crippen LogP contribution is -2.40. The van der Waals surface area contributed by atoms with Crippen molar-refractivity contribution in [1.82, 2.24) is 15.5 Å². The first-order valence-electron chi connectivity index (χ1n) is 10.7. The molecule has 2 aliphatic rings. The van der Waals surface area contributed by atoms with Gasteiger partial charge in [-0.3, -0.25) is 9.89 Å². The molecule has 1 unspecified atom stereocenters. The minimum Gasteiger partial charge on any atom is -0.381 e. The monoisotopic (exact) mass is 516 g/mol. The molecule has 2 N–H and O–H groups in total. The molecule has 1 saturated heterocycles. The molecular weight excluding hydrogens is 479 g/mol. The molecule has 1 saturated carbocycles. The number of aliphatic imine (C=N–C) groups is 1. The van der Waals surface area contributed by atoms with E-state index in [4.69, 9.17) is 9.47 Å². The van der Waals surface area contributed by atoms with Crippen molar-refractivity contribution in [2.75, 3.05) is 46.5 Å². The third-order valence-electron chi connectivity index (χ3n) is 5.21. The summed E-state index contributed by atoms with van der Waals surface area (Å²) in [7, 11) is 1.81. The Kier molecular flexibility index (Phi) is 11.3. The van der Waals surface area contributed by atoms with E-state index in [-0.39, 0.29) is 24.0 Å². The van der Waals surface area contributed by atoms with E-state index in [0.717, 1.165) is 70.8 Å². The summed E-state index contributed by atoms with van der Waals surface area (Å²) in [4.78, 5) is 6.78. The number of halogens is 1. The van der Waals surface area contributed by atoms with Crippen molar-refractivity contribution >= 4 is 29.9 Å². The number of hydrogen-bond acceptors (Lipinski definition) is 4. The summed E-state index contributed by atoms with van der Waals surface area (Å²) in [6.07, 6.45) is 4.02. The van der Waals surface area contributed by atoms with Gasteiger partial charge in [-0.15, -0.1) is 24.0 Å². The zero-order valence-electron chi connectivity index (χ0n) is 17.9. The fraction of sp³-hybridized carbons (Fsp3) is 0.682. The zero-order valence-corrected chi connectivity index (χ0v) is 20.2. The second-order valence-electron chi connectivity index (χ2n) is 7.96. The van der Waals surface area contributed by atoms with E-state index < -0.39 is 0 Å². The van der Waals surface area contributed by atoms with Crippen LogP contribution in [0.15, 0.2) is 29.3 Å². The van der Waals surface area contributed by atoms with Crippen LogP contribution in [0, 0.1) is 5.92 Å². The molecule has 1 aromatic carbocycles. The Morgan fingerprint density at radius 2 is 2.10 bits per heavy atom. The molecule has 0 radical (unpaired) electrons. The van der Waals surface area contributed by atoms with Gasteiger partial charge in [0.2, 0.25) is 0 Å². The van der Waals surface area contributed by atoms with Gasteiger partial charge in [0.1, 0.15) is 0 Å². The van der Waals surface area contributed by atoms with Gasteiger partial charge in [-0.1, -0.05) is 24.3 Å². The number of rotatable bonds is 10. The van der Waals surface area contributed by atoms with Gasteiger partial charge in [0.05, 0.1) is 12.7 Å². The molecule has 1 aliphatic heterocycles. The first-order chi connectivity index (χ1) is 13.7. The van der Waals surface area contributed by atoms with Crippen LogP contribution in [0.1, 0.15) is 37.3 Å². The topological polar surface area (TPSA) is 58.1 Å². The van der Waals surface area contributed by atoms with Crippen molar-refractivity contribution in [2.45, 2.75) is 45.4 Å². The molecule has 1 atom stereocenters. The number of guanidine groups is 1. The van der Waals surface area contributed by atoms with Gasteiger partial charge in [-0.05, 0) is 43.2 Å². The van der Waals surface area contributed by atoms with Crippen LogP contribution < -0.4 is 10.6 Å². The Labute approximate surface area is 192 Å². The first-order valence-corrected chi connectivity index (χ1v) is 10.7. The molecule has 1 heterocycles. The van der Waals surface area contributed by atoms with E-state index in [1.807, 2.05) is 7.05 Å². The van der Waals surface area contributed by atoms with Gasteiger partial charge in [-0.25, -0.2) is 0 Å². The average Bonchev–Trinajstić information content (AvgIpc) is 3.51. The van der Waals surface area contributed by atoms with Gasteiger partial charge in [0, 0.05) is 53.0 Å². The molecule has 0 spiro atoms. The van der Waals surface area contributed by atoms with E-state index in [1.165, 1.54) is 24.0 Å². The maximum Gasteiger partial charge on any atom is 0.191 e. The van der Waals surface area contributed by atoms with Crippen molar-refractivity contribution < 1.29 is 9.47 Å². The van der Waals surface area contributed by atoms with Gasteiger partial charge in [-0.2, -0.15) is 0 Å². The van der Waals surface area contributed by atoms with Crippen LogP contribution >= 0.6 is 24.0 Å². The fourth-order valence-corrected chi connectivity index (χ4v) is 3.45. The maximum atomic E-state index is 5.67. The molecule has 2 fully saturated rings. The van der Waals surface area contributed by atoms with Crippen molar-refractivity contribution in [3.63, 3.8) is 0 Å². The Morgan fingerprint density at radius 3 is 2.86 bits per heavy atom. The van der Waals surface area contributed by atoms with Gasteiger partial charge >= 0.3 is 0 Å². The standard InChI is InChI=1S/C22H36N4O2.HI/c1-18-15-26(10-12-28-18)16-21-6-3-5-20(13-21)14-25-22(23-2)24-9-4-11-27-17-19-7-8-19;/h3,5-6,13,18-19H,4,7-12,14-17H2,1-2H3,(H2,23,24,25);1H. The highest BCUT2D eigenvalue weighted by Gasteiger charge is 2.20. The van der Waals surface area contributed by atoms with Crippen molar-refractivity contribution in [1.29, 1.82) is 0 Å². The second-order valence-corrected chi connectivity index (χ2v) is 7.96. The van der Waals surface area contributed by atoms with Crippen LogP contribution in [0.25, 0.3) is 0 Å². The van der Waals surface area contributed by atoms with Crippen LogP contribution in [0.4, 0.5) is 0 Å². The van der Waals surface area contributed by atoms with Crippen LogP contribution in [0.2, 0.25) is 0 Å². The quantitative estimate of drug-likeness (QED) is 0.217. The van der Waals surface area contributed by atoms with E-state index in [1.54, 1.807) is 0 Å². The van der Waals surface area contributed by atoms with E-state index in [9.17, 15) is 0 Å². The Hall–Kier alpha value is -0.900. The smallest absolute Gasteiger partial charge is 0.191 e. The highest BCUT2D eigenvalue weighted by Crippen LogP contribution is 2.28. The molecule has 164 valence electrons. The lowest BCUT2D eigenvalue weighted by atomic mass is 10.1. The summed E-state index contributed by atoms with van der Waals surface area (Å²) in [5.74, 6) is 1.68. The largest absolute Gasteiger partial charge is 0.381 e. The number of benzene rings is 1. The molecule has 0 aromatic heterocycles. The van der Waals surface area contributed by atoms with Gasteiger partial charge in [0.15, 0.2) is 5.96 Å². The van der Waals surface area contributed by atoms with Crippen LogP contribution in [-0.4, -0.2) is 63.5 Å². The van der Waals surface area contributed by atoms with E-state index >= 15 is 0 Å². The third kappa shape index (κ3) is 9.63. The highest BCUT2D eigenvalue weighted by atomic mass is 127. The van der Waals surface area contributed by atoms with Crippen LogP contribution in [-0.2, 0) is 22.6 Å². The minimum absolute atomic E-state index is 0. The number of hydrogen-bond donors (Lipinski definition) is 2. The molecule has 1 aromatic rings. The number of ether oxygens (including phenoxy) is 2. The van der Waals surface area contributed by atoms with Crippen molar-refractivity contribution in [2.24, 2.45) is 10.9 Å². The summed E-state index contributed by atoms with van der Waals surface area (Å²) in [5, 5.41) is 6.77. The molecule has 6 nitrogen and oxygen atoms in total. The highest BCUT2D eigenvalue weighted by molar-refractivity contribution is 14.0. The SMILES string of the molecule is CN=C(NCCCOCC1CC1)NCc1cccc(CN2CCOC(C)C2)c1.I. The van der Waals surface area contributed by atoms with E-state index in [0.29, 0.717) is 6.10 Å². The normalized spacial score (nSPS) is 20.2. The lowest BCUT2D eigenvalue weighted by Gasteiger charge is -2.31. The molecule has 0 amide bonds. The molecule has 0 bridgehead atoms. The fourth-order valence-electron chi connectivity index (χ4n) is 3.45.